The van der Waals surface area contributed by atoms with E-state index in [1.807, 2.05) is 0 Å². The number of halogens is 2. The summed E-state index contributed by atoms with van der Waals surface area (Å²) in [5.74, 6) is -1.33. The lowest BCUT2D eigenvalue weighted by Gasteiger charge is -2.35. The normalized spacial score (nSPS) is 20.8. The number of benzene rings is 3. The Morgan fingerprint density at radius 3 is 2.82 bits per heavy atom. The number of aliphatic hydroxyl groups is 1. The number of amides is 2. The fourth-order valence-corrected chi connectivity index (χ4v) is 5.35. The standard InChI is InChI=1S/C27H22ClFN4O5/c28-19-8-3-9-22(23(19)29)33-24(34)17-6-1-2-7-18(17)27(33,37)15-10-11-20-21(13-15)31-25(30-20)32(26(35)36)14-16-5-4-12-38-16/h1-3,6-11,13,16,37H,4-5,12,14H2,(H,30,31)(H,35,36). The molecule has 0 aliphatic carbocycles. The topological polar surface area (TPSA) is 119 Å². The molecule has 0 saturated carbocycles. The van der Waals surface area contributed by atoms with E-state index in [2.05, 4.69) is 9.97 Å². The second kappa shape index (κ2) is 9.09. The van der Waals surface area contributed by atoms with E-state index in [1.165, 1.54) is 18.2 Å². The van der Waals surface area contributed by atoms with E-state index in [0.717, 1.165) is 22.6 Å². The highest BCUT2D eigenvalue weighted by Crippen LogP contribution is 2.46. The number of carboxylic acid groups (broad SMARTS) is 1. The Kier molecular flexibility index (Phi) is 5.82. The molecule has 2 aliphatic rings. The molecule has 2 amide bonds. The molecule has 3 aromatic carbocycles. The van der Waals surface area contributed by atoms with Crippen LogP contribution in [-0.2, 0) is 10.5 Å². The molecule has 1 aromatic heterocycles. The van der Waals surface area contributed by atoms with Crippen molar-refractivity contribution in [2.45, 2.75) is 24.7 Å². The number of hydrogen-bond acceptors (Lipinski definition) is 5. The van der Waals surface area contributed by atoms with Crippen molar-refractivity contribution >= 4 is 46.3 Å². The SMILES string of the molecule is O=C(O)N(CC1CCCO1)c1nc2ccc(C3(O)c4ccccc4C(=O)N3c3cccc(Cl)c3F)cc2[nH]1. The van der Waals surface area contributed by atoms with E-state index in [9.17, 15) is 19.8 Å². The molecule has 0 spiro atoms. The van der Waals surface area contributed by atoms with Crippen LogP contribution in [0.1, 0.15) is 34.3 Å². The van der Waals surface area contributed by atoms with Gasteiger partial charge in [0.2, 0.25) is 5.95 Å². The van der Waals surface area contributed by atoms with Crippen LogP contribution in [0.15, 0.2) is 60.7 Å². The number of ether oxygens (including phenoxy) is 1. The Balaban J connectivity index is 1.47. The smallest absolute Gasteiger partial charge is 0.414 e. The first-order valence-electron chi connectivity index (χ1n) is 12.0. The van der Waals surface area contributed by atoms with Gasteiger partial charge in [0.25, 0.3) is 5.91 Å². The predicted molar refractivity (Wildman–Crippen MR) is 138 cm³/mol. The molecule has 11 heteroatoms. The van der Waals surface area contributed by atoms with Crippen LogP contribution in [0, 0.1) is 5.82 Å². The molecule has 6 rings (SSSR count). The van der Waals surface area contributed by atoms with Gasteiger partial charge in [-0.1, -0.05) is 41.9 Å². The monoisotopic (exact) mass is 536 g/mol. The van der Waals surface area contributed by atoms with Crippen LogP contribution in [0.4, 0.5) is 20.8 Å². The van der Waals surface area contributed by atoms with Gasteiger partial charge in [0.1, 0.15) is 0 Å². The molecule has 1 fully saturated rings. The van der Waals surface area contributed by atoms with Gasteiger partial charge in [-0.3, -0.25) is 9.69 Å². The number of hydrogen-bond donors (Lipinski definition) is 3. The van der Waals surface area contributed by atoms with Crippen molar-refractivity contribution in [3.63, 3.8) is 0 Å². The summed E-state index contributed by atoms with van der Waals surface area (Å²) in [5.41, 5.74) is -0.651. The molecular weight excluding hydrogens is 515 g/mol. The summed E-state index contributed by atoms with van der Waals surface area (Å²) in [4.78, 5) is 35.0. The number of carbonyl (C=O) groups excluding carboxylic acids is 1. The first-order chi connectivity index (χ1) is 18.3. The van der Waals surface area contributed by atoms with Crippen LogP contribution in [0.25, 0.3) is 11.0 Å². The first-order valence-corrected chi connectivity index (χ1v) is 12.4. The van der Waals surface area contributed by atoms with Gasteiger partial charge in [-0.25, -0.2) is 19.1 Å². The van der Waals surface area contributed by atoms with Crippen molar-refractivity contribution in [3.8, 4) is 0 Å². The van der Waals surface area contributed by atoms with Gasteiger partial charge < -0.3 is 19.9 Å². The van der Waals surface area contributed by atoms with Crippen LogP contribution in [0.5, 0.6) is 0 Å². The van der Waals surface area contributed by atoms with Crippen LogP contribution < -0.4 is 9.80 Å². The predicted octanol–water partition coefficient (Wildman–Crippen LogP) is 4.87. The lowest BCUT2D eigenvalue weighted by molar-refractivity contribution is 0.0699. The second-order valence-corrected chi connectivity index (χ2v) is 9.66. The molecule has 194 valence electrons. The maximum absolute atomic E-state index is 15.2. The molecule has 0 bridgehead atoms. The largest absolute Gasteiger partial charge is 0.465 e. The van der Waals surface area contributed by atoms with E-state index in [1.54, 1.807) is 42.5 Å². The highest BCUT2D eigenvalue weighted by molar-refractivity contribution is 6.31. The number of aromatic nitrogens is 2. The number of nitrogens with one attached hydrogen (secondary N) is 1. The average molecular weight is 537 g/mol. The van der Waals surface area contributed by atoms with E-state index in [0.29, 0.717) is 17.6 Å². The van der Waals surface area contributed by atoms with Gasteiger partial charge in [-0.2, -0.15) is 0 Å². The molecule has 3 heterocycles. The van der Waals surface area contributed by atoms with E-state index < -0.39 is 23.5 Å². The quantitative estimate of drug-likeness (QED) is 0.335. The summed E-state index contributed by atoms with van der Waals surface area (Å²) < 4.78 is 20.8. The third kappa shape index (κ3) is 3.72. The van der Waals surface area contributed by atoms with Crippen molar-refractivity contribution in [1.82, 2.24) is 9.97 Å². The number of carbonyl (C=O) groups is 2. The number of nitrogens with zero attached hydrogens (tertiary/aromatic N) is 3. The molecule has 1 saturated heterocycles. The van der Waals surface area contributed by atoms with Gasteiger partial charge in [0.15, 0.2) is 11.5 Å². The van der Waals surface area contributed by atoms with Crippen molar-refractivity contribution in [2.75, 3.05) is 23.0 Å². The van der Waals surface area contributed by atoms with Crippen LogP contribution in [0.2, 0.25) is 5.02 Å². The molecular formula is C27H22ClFN4O5. The Morgan fingerprint density at radius 1 is 1.24 bits per heavy atom. The van der Waals surface area contributed by atoms with Crippen LogP contribution in [0.3, 0.4) is 0 Å². The highest BCUT2D eigenvalue weighted by atomic mass is 35.5. The van der Waals surface area contributed by atoms with Gasteiger partial charge >= 0.3 is 6.09 Å². The van der Waals surface area contributed by atoms with Gasteiger partial charge in [-0.05, 0) is 43.2 Å². The van der Waals surface area contributed by atoms with Crippen molar-refractivity contribution in [2.24, 2.45) is 0 Å². The highest BCUT2D eigenvalue weighted by Gasteiger charge is 2.51. The Hall–Kier alpha value is -3.99. The van der Waals surface area contributed by atoms with Gasteiger partial charge in [0, 0.05) is 23.3 Å². The molecule has 38 heavy (non-hydrogen) atoms. The Morgan fingerprint density at radius 2 is 2.05 bits per heavy atom. The molecule has 2 unspecified atom stereocenters. The average Bonchev–Trinajstić information content (AvgIpc) is 3.62. The number of aromatic amines is 1. The minimum absolute atomic E-state index is 0.104. The van der Waals surface area contributed by atoms with Crippen LogP contribution in [-0.4, -0.2) is 51.4 Å². The van der Waals surface area contributed by atoms with Gasteiger partial charge in [0.05, 0.1) is 34.4 Å². The van der Waals surface area contributed by atoms with Crippen molar-refractivity contribution in [3.05, 3.63) is 88.2 Å². The Bertz CT molecular complexity index is 1590. The summed E-state index contributed by atoms with van der Waals surface area (Å²) in [6, 6.07) is 15.5. The molecule has 9 nitrogen and oxygen atoms in total. The zero-order valence-electron chi connectivity index (χ0n) is 19.9. The first kappa shape index (κ1) is 24.4. The maximum atomic E-state index is 15.2. The lowest BCUT2D eigenvalue weighted by atomic mass is 9.93. The second-order valence-electron chi connectivity index (χ2n) is 9.25. The van der Waals surface area contributed by atoms with Gasteiger partial charge in [-0.15, -0.1) is 0 Å². The van der Waals surface area contributed by atoms with E-state index in [4.69, 9.17) is 16.3 Å². The summed E-state index contributed by atoms with van der Waals surface area (Å²) in [5, 5.41) is 21.8. The third-order valence-corrected chi connectivity index (χ3v) is 7.29. The van der Waals surface area contributed by atoms with Crippen molar-refractivity contribution in [1.29, 1.82) is 0 Å². The summed E-state index contributed by atoms with van der Waals surface area (Å²) in [7, 11) is 0. The zero-order valence-corrected chi connectivity index (χ0v) is 20.7. The summed E-state index contributed by atoms with van der Waals surface area (Å²) in [6.07, 6.45) is 0.211. The number of imidazole rings is 1. The molecule has 0 radical (unpaired) electrons. The number of H-pyrrole nitrogens is 1. The summed E-state index contributed by atoms with van der Waals surface area (Å²) >= 11 is 6.02. The molecule has 3 N–H and O–H groups in total. The zero-order chi connectivity index (χ0) is 26.6. The van der Waals surface area contributed by atoms with Crippen LogP contribution >= 0.6 is 11.6 Å². The fraction of sp³-hybridized carbons (Fsp3) is 0.222. The lowest BCUT2D eigenvalue weighted by Crippen LogP contribution is -2.45. The maximum Gasteiger partial charge on any atom is 0.414 e. The minimum atomic E-state index is -2.08. The minimum Gasteiger partial charge on any atom is -0.465 e. The molecule has 4 aromatic rings. The number of anilines is 2. The Labute approximate surface area is 221 Å². The van der Waals surface area contributed by atoms with Crippen molar-refractivity contribution < 1.29 is 28.9 Å². The summed E-state index contributed by atoms with van der Waals surface area (Å²) in [6.45, 7) is 0.708. The van der Waals surface area contributed by atoms with E-state index >= 15 is 4.39 Å². The number of fused-ring (bicyclic) bond motifs is 2. The fourth-order valence-electron chi connectivity index (χ4n) is 5.18. The van der Waals surface area contributed by atoms with E-state index in [-0.39, 0.29) is 46.0 Å². The third-order valence-electron chi connectivity index (χ3n) is 7.00. The molecule has 2 atom stereocenters. The number of rotatable bonds is 5. The molecule has 2 aliphatic heterocycles.